The second-order valence-electron chi connectivity index (χ2n) is 7.75. The van der Waals surface area contributed by atoms with Crippen LogP contribution in [0.4, 0.5) is 5.69 Å². The molecule has 0 amide bonds. The lowest BCUT2D eigenvalue weighted by Crippen LogP contribution is -2.11. The zero-order valence-electron chi connectivity index (χ0n) is 17.2. The van der Waals surface area contributed by atoms with Gasteiger partial charge in [0.2, 0.25) is 0 Å². The van der Waals surface area contributed by atoms with E-state index in [0.29, 0.717) is 5.75 Å². The van der Waals surface area contributed by atoms with E-state index >= 15 is 0 Å². The molecule has 0 fully saturated rings. The molecule has 0 spiro atoms. The third-order valence-electron chi connectivity index (χ3n) is 5.27. The largest absolute Gasteiger partial charge is 0.506 e. The zero-order valence-corrected chi connectivity index (χ0v) is 17.2. The molecule has 0 saturated heterocycles. The van der Waals surface area contributed by atoms with Crippen molar-refractivity contribution in [3.8, 4) is 5.75 Å². The Bertz CT molecular complexity index is 467. The number of hydrogen-bond donors (Lipinski definition) is 1. The summed E-state index contributed by atoms with van der Waals surface area (Å²) in [5, 5.41) is 10.0. The van der Waals surface area contributed by atoms with Crippen molar-refractivity contribution in [3.63, 3.8) is 0 Å². The number of anilines is 1. The number of phenolic OH excluding ortho intramolecular Hbond substituents is 1. The van der Waals surface area contributed by atoms with E-state index in [-0.39, 0.29) is 0 Å². The Balaban J connectivity index is 2.10. The summed E-state index contributed by atoms with van der Waals surface area (Å²) >= 11 is 0. The molecule has 1 rings (SSSR count). The van der Waals surface area contributed by atoms with Crippen LogP contribution >= 0.6 is 0 Å². The zero-order chi connectivity index (χ0) is 18.5. The second-order valence-corrected chi connectivity index (χ2v) is 7.75. The van der Waals surface area contributed by atoms with Crippen LogP contribution in [0.25, 0.3) is 0 Å². The molecule has 0 aromatic heterocycles. The van der Waals surface area contributed by atoms with E-state index in [0.717, 1.165) is 12.1 Å². The molecule has 0 heterocycles. The summed E-state index contributed by atoms with van der Waals surface area (Å²) in [6.45, 7) is 4.41. The fourth-order valence-corrected chi connectivity index (χ4v) is 3.72. The van der Waals surface area contributed by atoms with Crippen LogP contribution in [0.5, 0.6) is 5.75 Å². The standard InChI is InChI=1S/C23H41NO/c1-5-6-7-8-9-10-11-12-13-14-15-16-17-21-18-19-22(25)23(20(21)2)24(3)4/h18-19,25H,5-17H2,1-4H3. The van der Waals surface area contributed by atoms with E-state index in [1.54, 1.807) is 0 Å². The molecule has 0 saturated carbocycles. The van der Waals surface area contributed by atoms with E-state index in [1.807, 2.05) is 25.1 Å². The van der Waals surface area contributed by atoms with E-state index in [1.165, 1.54) is 88.2 Å². The minimum Gasteiger partial charge on any atom is -0.506 e. The third-order valence-corrected chi connectivity index (χ3v) is 5.27. The summed E-state index contributed by atoms with van der Waals surface area (Å²) in [7, 11) is 3.99. The highest BCUT2D eigenvalue weighted by molar-refractivity contribution is 5.64. The van der Waals surface area contributed by atoms with Gasteiger partial charge in [-0.3, -0.25) is 0 Å². The highest BCUT2D eigenvalue weighted by Gasteiger charge is 2.10. The van der Waals surface area contributed by atoms with Gasteiger partial charge in [-0.1, -0.05) is 83.6 Å². The van der Waals surface area contributed by atoms with Gasteiger partial charge in [-0.15, -0.1) is 0 Å². The molecule has 2 nitrogen and oxygen atoms in total. The van der Waals surface area contributed by atoms with Gasteiger partial charge in [0.1, 0.15) is 5.75 Å². The van der Waals surface area contributed by atoms with Gasteiger partial charge < -0.3 is 10.0 Å². The van der Waals surface area contributed by atoms with Crippen molar-refractivity contribution in [1.82, 2.24) is 0 Å². The van der Waals surface area contributed by atoms with E-state index in [4.69, 9.17) is 0 Å². The van der Waals surface area contributed by atoms with Gasteiger partial charge in [0.05, 0.1) is 5.69 Å². The molecule has 0 atom stereocenters. The number of nitrogens with zero attached hydrogens (tertiary/aromatic N) is 1. The van der Waals surface area contributed by atoms with Crippen LogP contribution in [0.3, 0.4) is 0 Å². The summed E-state index contributed by atoms with van der Waals surface area (Å²) in [5.41, 5.74) is 3.58. The number of unbranched alkanes of at least 4 members (excludes halogenated alkanes) is 11. The van der Waals surface area contributed by atoms with Crippen LogP contribution in [-0.4, -0.2) is 19.2 Å². The van der Waals surface area contributed by atoms with Gasteiger partial charge in [-0.25, -0.2) is 0 Å². The van der Waals surface area contributed by atoms with Gasteiger partial charge >= 0.3 is 0 Å². The van der Waals surface area contributed by atoms with Gasteiger partial charge in [-0.05, 0) is 37.0 Å². The number of benzene rings is 1. The Morgan fingerprint density at radius 3 is 1.72 bits per heavy atom. The topological polar surface area (TPSA) is 23.5 Å². The van der Waals surface area contributed by atoms with Crippen LogP contribution in [0.15, 0.2) is 12.1 Å². The van der Waals surface area contributed by atoms with Crippen LogP contribution in [0, 0.1) is 6.92 Å². The first-order valence-electron chi connectivity index (χ1n) is 10.6. The van der Waals surface area contributed by atoms with Gasteiger partial charge in [0.15, 0.2) is 0 Å². The lowest BCUT2D eigenvalue weighted by Gasteiger charge is -2.19. The molecule has 0 bridgehead atoms. The van der Waals surface area contributed by atoms with Crippen molar-refractivity contribution in [3.05, 3.63) is 23.3 Å². The van der Waals surface area contributed by atoms with Crippen LogP contribution in [-0.2, 0) is 6.42 Å². The maximum Gasteiger partial charge on any atom is 0.139 e. The maximum absolute atomic E-state index is 10.0. The first-order chi connectivity index (χ1) is 12.1. The monoisotopic (exact) mass is 347 g/mol. The van der Waals surface area contributed by atoms with Gasteiger partial charge in [-0.2, -0.15) is 0 Å². The first-order valence-corrected chi connectivity index (χ1v) is 10.6. The summed E-state index contributed by atoms with van der Waals surface area (Å²) < 4.78 is 0. The summed E-state index contributed by atoms with van der Waals surface area (Å²) in [6, 6.07) is 3.94. The molecule has 0 aliphatic carbocycles. The van der Waals surface area contributed by atoms with Gasteiger partial charge in [0, 0.05) is 14.1 Å². The Labute approximate surface area is 156 Å². The molecular weight excluding hydrogens is 306 g/mol. The van der Waals surface area contributed by atoms with Crippen LogP contribution < -0.4 is 4.90 Å². The molecule has 144 valence electrons. The smallest absolute Gasteiger partial charge is 0.139 e. The first kappa shape index (κ1) is 21.9. The highest BCUT2D eigenvalue weighted by Crippen LogP contribution is 2.32. The van der Waals surface area contributed by atoms with Crippen LogP contribution in [0.1, 0.15) is 95.1 Å². The average molecular weight is 348 g/mol. The minimum atomic E-state index is 0.390. The van der Waals surface area contributed by atoms with E-state index in [2.05, 4.69) is 19.9 Å². The van der Waals surface area contributed by atoms with Crippen molar-refractivity contribution in [2.45, 2.75) is 97.3 Å². The summed E-state index contributed by atoms with van der Waals surface area (Å²) in [4.78, 5) is 2.01. The molecule has 0 aliphatic heterocycles. The van der Waals surface area contributed by atoms with E-state index < -0.39 is 0 Å². The van der Waals surface area contributed by atoms with Crippen molar-refractivity contribution in [2.24, 2.45) is 0 Å². The Kier molecular flexibility index (Phi) is 11.4. The highest BCUT2D eigenvalue weighted by atomic mass is 16.3. The van der Waals surface area contributed by atoms with Crippen molar-refractivity contribution in [1.29, 1.82) is 0 Å². The van der Waals surface area contributed by atoms with Gasteiger partial charge in [0.25, 0.3) is 0 Å². The molecule has 0 aliphatic rings. The normalized spacial score (nSPS) is 11.0. The summed E-state index contributed by atoms with van der Waals surface area (Å²) in [5.74, 6) is 0.390. The quantitative estimate of drug-likeness (QED) is 0.366. The van der Waals surface area contributed by atoms with Crippen molar-refractivity contribution in [2.75, 3.05) is 19.0 Å². The third kappa shape index (κ3) is 8.65. The maximum atomic E-state index is 10.0. The molecule has 1 N–H and O–H groups in total. The molecule has 0 radical (unpaired) electrons. The Morgan fingerprint density at radius 1 is 0.760 bits per heavy atom. The Hall–Kier alpha value is -1.18. The SMILES string of the molecule is CCCCCCCCCCCCCCc1ccc(O)c(N(C)C)c1C. The number of aromatic hydroxyl groups is 1. The lowest BCUT2D eigenvalue weighted by molar-refractivity contribution is 0.475. The number of hydrogen-bond acceptors (Lipinski definition) is 2. The fourth-order valence-electron chi connectivity index (χ4n) is 3.72. The van der Waals surface area contributed by atoms with Crippen LogP contribution in [0.2, 0.25) is 0 Å². The predicted octanol–water partition coefficient (Wildman–Crippen LogP) is 7.01. The Morgan fingerprint density at radius 2 is 1.24 bits per heavy atom. The molecule has 25 heavy (non-hydrogen) atoms. The molecule has 1 aromatic carbocycles. The van der Waals surface area contributed by atoms with Crippen molar-refractivity contribution >= 4 is 5.69 Å². The molecule has 0 unspecified atom stereocenters. The second kappa shape index (κ2) is 13.1. The van der Waals surface area contributed by atoms with Crippen molar-refractivity contribution < 1.29 is 5.11 Å². The molecule has 1 aromatic rings. The summed E-state index contributed by atoms with van der Waals surface area (Å²) in [6.07, 6.45) is 17.8. The predicted molar refractivity (Wildman–Crippen MR) is 112 cm³/mol. The molecular formula is C23H41NO. The minimum absolute atomic E-state index is 0.390. The molecule has 2 heteroatoms. The van der Waals surface area contributed by atoms with E-state index in [9.17, 15) is 5.11 Å². The number of phenols is 1. The number of aryl methyl sites for hydroxylation is 1. The average Bonchev–Trinajstić information content (AvgIpc) is 2.57. The lowest BCUT2D eigenvalue weighted by atomic mass is 9.99. The number of rotatable bonds is 14. The fraction of sp³-hybridized carbons (Fsp3) is 0.739.